The fraction of sp³-hybridized carbons (Fsp3) is 0.458. The summed E-state index contributed by atoms with van der Waals surface area (Å²) in [5.41, 5.74) is 1.45. The van der Waals surface area contributed by atoms with Crippen LogP contribution in [0.5, 0.6) is 0 Å². The summed E-state index contributed by atoms with van der Waals surface area (Å²) in [5.74, 6) is -2.00. The van der Waals surface area contributed by atoms with Crippen LogP contribution < -0.4 is 5.32 Å². The molecule has 1 aromatic heterocycles. The Bertz CT molecular complexity index is 1070. The Morgan fingerprint density at radius 3 is 2.44 bits per heavy atom. The van der Waals surface area contributed by atoms with Crippen molar-refractivity contribution in [2.75, 3.05) is 32.8 Å². The fourth-order valence-corrected chi connectivity index (χ4v) is 5.14. The third kappa shape index (κ3) is 7.50. The summed E-state index contributed by atoms with van der Waals surface area (Å²) in [7, 11) is 0. The number of carbonyl (C=O) groups excluding carboxylic acids is 3. The zero-order chi connectivity index (χ0) is 26.1. The molecule has 0 radical (unpaired) electrons. The van der Waals surface area contributed by atoms with Gasteiger partial charge < -0.3 is 25.0 Å². The highest BCUT2D eigenvalue weighted by molar-refractivity contribution is 9.11. The molecule has 1 aromatic carbocycles. The van der Waals surface area contributed by atoms with Crippen molar-refractivity contribution in [3.8, 4) is 11.3 Å². The quantitative estimate of drug-likeness (QED) is 0.410. The largest absolute Gasteiger partial charge is 0.481 e. The number of nitrogens with one attached hydrogen (secondary N) is 1. The molecule has 2 aromatic rings. The molecule has 1 aliphatic rings. The fourth-order valence-electron chi connectivity index (χ4n) is 3.64. The summed E-state index contributed by atoms with van der Waals surface area (Å²) in [6.07, 6.45) is 0.964. The molecule has 2 heterocycles. The topological polar surface area (TPSA) is 129 Å². The highest BCUT2D eigenvalue weighted by Gasteiger charge is 2.31. The second-order valence-corrected chi connectivity index (χ2v) is 10.6. The van der Waals surface area contributed by atoms with E-state index in [9.17, 15) is 19.2 Å². The predicted octanol–water partition coefficient (Wildman–Crippen LogP) is 3.62. The minimum Gasteiger partial charge on any atom is -0.481 e. The molecule has 1 atom stereocenters. The molecule has 1 saturated heterocycles. The van der Waals surface area contributed by atoms with Crippen molar-refractivity contribution in [2.24, 2.45) is 0 Å². The van der Waals surface area contributed by atoms with Crippen molar-refractivity contribution in [3.05, 3.63) is 39.1 Å². The number of thiazole rings is 1. The van der Waals surface area contributed by atoms with Crippen LogP contribution in [0.1, 0.15) is 42.4 Å². The Morgan fingerprint density at radius 1 is 1.14 bits per heavy atom. The van der Waals surface area contributed by atoms with Crippen molar-refractivity contribution in [1.82, 2.24) is 20.1 Å². The third-order valence-electron chi connectivity index (χ3n) is 5.65. The number of carboxylic acid groups (broad SMARTS) is 1. The van der Waals surface area contributed by atoms with Crippen LogP contribution in [-0.2, 0) is 14.3 Å². The second kappa shape index (κ2) is 13.4. The number of hydrogen-bond acceptors (Lipinski definition) is 7. The molecule has 36 heavy (non-hydrogen) atoms. The third-order valence-corrected chi connectivity index (χ3v) is 7.35. The maximum atomic E-state index is 13.2. The Morgan fingerprint density at radius 2 is 1.81 bits per heavy atom. The van der Waals surface area contributed by atoms with Gasteiger partial charge in [0.25, 0.3) is 5.91 Å². The second-order valence-electron chi connectivity index (χ2n) is 8.25. The van der Waals surface area contributed by atoms with Gasteiger partial charge in [0.05, 0.1) is 16.1 Å². The summed E-state index contributed by atoms with van der Waals surface area (Å²) in [6, 6.07) is 8.34. The molecule has 0 spiro atoms. The summed E-state index contributed by atoms with van der Waals surface area (Å²) >= 11 is 4.58. The molecular weight excluding hydrogens is 552 g/mol. The SMILES string of the molecule is CCCCOC(=O)N1CCN(C(=O)[C@H](CCC(=O)O)NC(=O)c2nc(-c3ccccc3)c(Br)s2)CC1. The first-order valence-electron chi connectivity index (χ1n) is 11.7. The van der Waals surface area contributed by atoms with E-state index in [1.54, 1.807) is 4.90 Å². The van der Waals surface area contributed by atoms with E-state index >= 15 is 0 Å². The van der Waals surface area contributed by atoms with Crippen molar-refractivity contribution in [2.45, 2.75) is 38.6 Å². The molecule has 2 N–H and O–H groups in total. The number of unbranched alkanes of at least 4 members (excludes halogenated alkanes) is 1. The molecular formula is C24H29BrN4O6S. The number of carbonyl (C=O) groups is 4. The molecule has 0 unspecified atom stereocenters. The van der Waals surface area contributed by atoms with E-state index in [0.29, 0.717) is 29.2 Å². The van der Waals surface area contributed by atoms with Gasteiger partial charge in [0.15, 0.2) is 5.01 Å². The molecule has 1 fully saturated rings. The number of halogens is 1. The highest BCUT2D eigenvalue weighted by atomic mass is 79.9. The smallest absolute Gasteiger partial charge is 0.409 e. The van der Waals surface area contributed by atoms with Gasteiger partial charge in [-0.3, -0.25) is 14.4 Å². The van der Waals surface area contributed by atoms with Gasteiger partial charge in [0.2, 0.25) is 5.91 Å². The van der Waals surface area contributed by atoms with Gasteiger partial charge in [-0.25, -0.2) is 9.78 Å². The van der Waals surface area contributed by atoms with Crippen LogP contribution in [0.15, 0.2) is 34.1 Å². The molecule has 12 heteroatoms. The first-order valence-corrected chi connectivity index (χ1v) is 13.4. The first-order chi connectivity index (χ1) is 17.3. The van der Waals surface area contributed by atoms with Crippen LogP contribution in [0.4, 0.5) is 4.79 Å². The maximum absolute atomic E-state index is 13.2. The molecule has 3 rings (SSSR count). The number of ether oxygens (including phenoxy) is 1. The number of aromatic nitrogens is 1. The highest BCUT2D eigenvalue weighted by Crippen LogP contribution is 2.33. The summed E-state index contributed by atoms with van der Waals surface area (Å²) < 4.78 is 5.90. The Hall–Kier alpha value is -2.99. The lowest BCUT2D eigenvalue weighted by molar-refractivity contribution is -0.138. The standard InChI is InChI=1S/C24H29BrN4O6S/c1-2-3-15-35-24(34)29-13-11-28(12-14-29)23(33)17(9-10-18(30)31)26-21(32)22-27-19(20(25)36-22)16-7-5-4-6-8-16/h4-8,17H,2-3,9-15H2,1H3,(H,26,32)(H,30,31)/t17-/m0/s1. The lowest BCUT2D eigenvalue weighted by Crippen LogP contribution is -2.56. The van der Waals surface area contributed by atoms with E-state index in [0.717, 1.165) is 29.7 Å². The minimum atomic E-state index is -1.06. The predicted molar refractivity (Wildman–Crippen MR) is 138 cm³/mol. The first kappa shape index (κ1) is 27.6. The number of amides is 3. The molecule has 1 aliphatic heterocycles. The Balaban J connectivity index is 1.64. The normalized spacial score (nSPS) is 14.3. The van der Waals surface area contributed by atoms with Gasteiger partial charge in [-0.1, -0.05) is 43.7 Å². The summed E-state index contributed by atoms with van der Waals surface area (Å²) in [4.78, 5) is 57.0. The van der Waals surface area contributed by atoms with Crippen molar-refractivity contribution in [3.63, 3.8) is 0 Å². The molecule has 0 bridgehead atoms. The molecule has 10 nitrogen and oxygen atoms in total. The van der Waals surface area contributed by atoms with E-state index in [-0.39, 0.29) is 36.8 Å². The van der Waals surface area contributed by atoms with Crippen molar-refractivity contribution >= 4 is 51.1 Å². The zero-order valence-electron chi connectivity index (χ0n) is 19.9. The van der Waals surface area contributed by atoms with Crippen LogP contribution in [0, 0.1) is 0 Å². The van der Waals surface area contributed by atoms with Gasteiger partial charge in [-0.05, 0) is 28.8 Å². The lowest BCUT2D eigenvalue weighted by Gasteiger charge is -2.36. The van der Waals surface area contributed by atoms with E-state index in [2.05, 4.69) is 26.2 Å². The average molecular weight is 581 g/mol. The number of aliphatic carboxylic acids is 1. The van der Waals surface area contributed by atoms with Crippen LogP contribution in [0.25, 0.3) is 11.3 Å². The summed E-state index contributed by atoms with van der Waals surface area (Å²) in [6.45, 7) is 3.50. The van der Waals surface area contributed by atoms with Crippen molar-refractivity contribution < 1.29 is 29.0 Å². The Kier molecular flexibility index (Phi) is 10.2. The summed E-state index contributed by atoms with van der Waals surface area (Å²) in [5, 5.41) is 12.0. The number of piperazine rings is 1. The molecule has 0 saturated carbocycles. The van der Waals surface area contributed by atoms with Crippen LogP contribution >= 0.6 is 27.3 Å². The Labute approximate surface area is 221 Å². The monoisotopic (exact) mass is 580 g/mol. The number of carboxylic acids is 1. The molecule has 194 valence electrons. The minimum absolute atomic E-state index is 0.0583. The van der Waals surface area contributed by atoms with Crippen LogP contribution in [0.2, 0.25) is 0 Å². The van der Waals surface area contributed by atoms with Gasteiger partial charge >= 0.3 is 12.1 Å². The number of rotatable bonds is 10. The van der Waals surface area contributed by atoms with Gasteiger partial charge in [-0.15, -0.1) is 11.3 Å². The van der Waals surface area contributed by atoms with Gasteiger partial charge in [0.1, 0.15) is 6.04 Å². The number of benzene rings is 1. The van der Waals surface area contributed by atoms with Crippen LogP contribution in [-0.4, -0.2) is 82.6 Å². The maximum Gasteiger partial charge on any atom is 0.409 e. The molecule has 0 aliphatic carbocycles. The van der Waals surface area contributed by atoms with E-state index in [4.69, 9.17) is 9.84 Å². The lowest BCUT2D eigenvalue weighted by atomic mass is 10.1. The molecule has 3 amide bonds. The number of nitrogens with zero attached hydrogens (tertiary/aromatic N) is 3. The average Bonchev–Trinajstić information content (AvgIpc) is 3.28. The van der Waals surface area contributed by atoms with Gasteiger partial charge in [0, 0.05) is 38.2 Å². The van der Waals surface area contributed by atoms with Gasteiger partial charge in [-0.2, -0.15) is 0 Å². The number of hydrogen-bond donors (Lipinski definition) is 2. The van der Waals surface area contributed by atoms with E-state index in [1.807, 2.05) is 37.3 Å². The zero-order valence-corrected chi connectivity index (χ0v) is 22.3. The van der Waals surface area contributed by atoms with Crippen molar-refractivity contribution in [1.29, 1.82) is 0 Å². The van der Waals surface area contributed by atoms with E-state index < -0.39 is 24.0 Å². The van der Waals surface area contributed by atoms with E-state index in [1.165, 1.54) is 4.90 Å². The van der Waals surface area contributed by atoms with Crippen LogP contribution in [0.3, 0.4) is 0 Å².